The molecular weight excluding hydrogens is 337 g/mol. The Kier molecular flexibility index (Phi) is 5.96. The highest BCUT2D eigenvalue weighted by molar-refractivity contribution is 6.44. The number of pyridine rings is 1. The van der Waals surface area contributed by atoms with Gasteiger partial charge < -0.3 is 10.2 Å². The standard InChI is InChI=1S/C16H15Cl2N3O2/c1-11(22)21(9-12-4-3-7-19-8-12)10-15(23)20-14-6-2-5-13(17)16(14)18/h2-8H,9-10H2,1H3,(H,20,23). The Morgan fingerprint density at radius 3 is 2.65 bits per heavy atom. The number of hydrogen-bond donors (Lipinski definition) is 1. The molecule has 1 N–H and O–H groups in total. The fourth-order valence-corrected chi connectivity index (χ4v) is 2.30. The van der Waals surface area contributed by atoms with Crippen molar-refractivity contribution in [3.05, 3.63) is 58.3 Å². The van der Waals surface area contributed by atoms with E-state index in [1.165, 1.54) is 11.8 Å². The summed E-state index contributed by atoms with van der Waals surface area (Å²) in [6, 6.07) is 8.57. The summed E-state index contributed by atoms with van der Waals surface area (Å²) in [7, 11) is 0. The minimum atomic E-state index is -0.353. The largest absolute Gasteiger partial charge is 0.329 e. The zero-order valence-electron chi connectivity index (χ0n) is 12.4. The van der Waals surface area contributed by atoms with Crippen molar-refractivity contribution in [2.45, 2.75) is 13.5 Å². The maximum absolute atomic E-state index is 12.2. The second-order valence-corrected chi connectivity index (χ2v) is 5.67. The molecule has 0 bridgehead atoms. The molecule has 5 nitrogen and oxygen atoms in total. The third-order valence-electron chi connectivity index (χ3n) is 3.10. The Balaban J connectivity index is 2.03. The van der Waals surface area contributed by atoms with Crippen LogP contribution in [0.5, 0.6) is 0 Å². The van der Waals surface area contributed by atoms with E-state index in [9.17, 15) is 9.59 Å². The summed E-state index contributed by atoms with van der Waals surface area (Å²) in [6.07, 6.45) is 3.30. The van der Waals surface area contributed by atoms with Crippen molar-refractivity contribution in [2.75, 3.05) is 11.9 Å². The van der Waals surface area contributed by atoms with Crippen LogP contribution in [0.15, 0.2) is 42.7 Å². The molecule has 0 radical (unpaired) electrons. The van der Waals surface area contributed by atoms with Crippen molar-refractivity contribution < 1.29 is 9.59 Å². The lowest BCUT2D eigenvalue weighted by Crippen LogP contribution is -2.36. The van der Waals surface area contributed by atoms with Crippen molar-refractivity contribution in [3.63, 3.8) is 0 Å². The molecule has 120 valence electrons. The molecule has 0 aliphatic carbocycles. The Morgan fingerprint density at radius 1 is 1.22 bits per heavy atom. The van der Waals surface area contributed by atoms with Crippen LogP contribution in [-0.4, -0.2) is 28.2 Å². The van der Waals surface area contributed by atoms with Gasteiger partial charge in [-0.2, -0.15) is 0 Å². The van der Waals surface area contributed by atoms with Crippen LogP contribution >= 0.6 is 23.2 Å². The first kappa shape index (κ1) is 17.2. The Labute approximate surface area is 144 Å². The monoisotopic (exact) mass is 351 g/mol. The van der Waals surface area contributed by atoms with Gasteiger partial charge in [-0.15, -0.1) is 0 Å². The summed E-state index contributed by atoms with van der Waals surface area (Å²) in [5.74, 6) is -0.561. The molecule has 2 amide bonds. The first-order chi connectivity index (χ1) is 11.0. The normalized spacial score (nSPS) is 10.2. The van der Waals surface area contributed by atoms with Gasteiger partial charge in [0.1, 0.15) is 6.54 Å². The fourth-order valence-electron chi connectivity index (χ4n) is 1.95. The molecule has 2 rings (SSSR count). The average molecular weight is 352 g/mol. The molecular formula is C16H15Cl2N3O2. The molecule has 1 aromatic carbocycles. The van der Waals surface area contributed by atoms with E-state index in [-0.39, 0.29) is 23.4 Å². The van der Waals surface area contributed by atoms with Gasteiger partial charge >= 0.3 is 0 Å². The van der Waals surface area contributed by atoms with Crippen LogP contribution in [0.3, 0.4) is 0 Å². The van der Waals surface area contributed by atoms with Gasteiger partial charge in [-0.3, -0.25) is 14.6 Å². The Hall–Kier alpha value is -2.11. The summed E-state index contributed by atoms with van der Waals surface area (Å²) in [5.41, 5.74) is 1.25. The topological polar surface area (TPSA) is 62.3 Å². The lowest BCUT2D eigenvalue weighted by atomic mass is 10.2. The molecule has 0 unspecified atom stereocenters. The van der Waals surface area contributed by atoms with E-state index in [0.717, 1.165) is 5.56 Å². The Bertz CT molecular complexity index is 708. The van der Waals surface area contributed by atoms with Crippen LogP contribution in [-0.2, 0) is 16.1 Å². The smallest absolute Gasteiger partial charge is 0.244 e. The average Bonchev–Trinajstić information content (AvgIpc) is 2.52. The number of aromatic nitrogens is 1. The van der Waals surface area contributed by atoms with Gasteiger partial charge in [-0.25, -0.2) is 0 Å². The highest BCUT2D eigenvalue weighted by Gasteiger charge is 2.15. The predicted octanol–water partition coefficient (Wildman–Crippen LogP) is 3.38. The summed E-state index contributed by atoms with van der Waals surface area (Å²) < 4.78 is 0. The van der Waals surface area contributed by atoms with Gasteiger partial charge in [0.2, 0.25) is 11.8 Å². The quantitative estimate of drug-likeness (QED) is 0.897. The molecule has 1 aromatic heterocycles. The van der Waals surface area contributed by atoms with E-state index in [1.54, 1.807) is 36.7 Å². The van der Waals surface area contributed by atoms with Crippen LogP contribution < -0.4 is 5.32 Å². The summed E-state index contributed by atoms with van der Waals surface area (Å²) in [6.45, 7) is 1.63. The molecule has 0 fully saturated rings. The maximum atomic E-state index is 12.2. The van der Waals surface area contributed by atoms with E-state index in [4.69, 9.17) is 23.2 Å². The number of benzene rings is 1. The van der Waals surface area contributed by atoms with E-state index in [2.05, 4.69) is 10.3 Å². The molecule has 2 aromatic rings. The molecule has 0 saturated heterocycles. The van der Waals surface area contributed by atoms with Gasteiger partial charge in [0, 0.05) is 25.9 Å². The zero-order chi connectivity index (χ0) is 16.8. The van der Waals surface area contributed by atoms with Gasteiger partial charge in [-0.05, 0) is 23.8 Å². The number of halogens is 2. The molecule has 0 saturated carbocycles. The lowest BCUT2D eigenvalue weighted by molar-refractivity contribution is -0.133. The van der Waals surface area contributed by atoms with Gasteiger partial charge in [0.15, 0.2) is 0 Å². The van der Waals surface area contributed by atoms with Gasteiger partial charge in [-0.1, -0.05) is 35.3 Å². The zero-order valence-corrected chi connectivity index (χ0v) is 13.9. The SMILES string of the molecule is CC(=O)N(CC(=O)Nc1cccc(Cl)c1Cl)Cc1cccnc1. The van der Waals surface area contributed by atoms with Crippen LogP contribution in [0, 0.1) is 0 Å². The molecule has 7 heteroatoms. The number of anilines is 1. The molecule has 23 heavy (non-hydrogen) atoms. The highest BCUT2D eigenvalue weighted by Crippen LogP contribution is 2.29. The third-order valence-corrected chi connectivity index (χ3v) is 3.92. The molecule has 0 atom stereocenters. The number of nitrogens with one attached hydrogen (secondary N) is 1. The molecule has 0 spiro atoms. The highest BCUT2D eigenvalue weighted by atomic mass is 35.5. The molecule has 1 heterocycles. The van der Waals surface area contributed by atoms with Crippen molar-refractivity contribution in [2.24, 2.45) is 0 Å². The van der Waals surface area contributed by atoms with Crippen molar-refractivity contribution in [3.8, 4) is 0 Å². The number of carbonyl (C=O) groups is 2. The number of rotatable bonds is 5. The van der Waals surface area contributed by atoms with Crippen molar-refractivity contribution >= 4 is 40.7 Å². The van der Waals surface area contributed by atoms with E-state index in [1.807, 2.05) is 6.07 Å². The molecule has 0 aliphatic rings. The van der Waals surface area contributed by atoms with E-state index in [0.29, 0.717) is 17.3 Å². The van der Waals surface area contributed by atoms with Crippen LogP contribution in [0.25, 0.3) is 0 Å². The van der Waals surface area contributed by atoms with Crippen LogP contribution in [0.2, 0.25) is 10.0 Å². The summed E-state index contributed by atoms with van der Waals surface area (Å²) in [4.78, 5) is 29.3. The van der Waals surface area contributed by atoms with E-state index >= 15 is 0 Å². The second-order valence-electron chi connectivity index (χ2n) is 4.89. The van der Waals surface area contributed by atoms with Crippen LogP contribution in [0.4, 0.5) is 5.69 Å². The van der Waals surface area contributed by atoms with Crippen molar-refractivity contribution in [1.82, 2.24) is 9.88 Å². The lowest BCUT2D eigenvalue weighted by Gasteiger charge is -2.20. The van der Waals surface area contributed by atoms with Gasteiger partial charge in [0.05, 0.1) is 15.7 Å². The second kappa shape index (κ2) is 7.94. The Morgan fingerprint density at radius 2 is 2.00 bits per heavy atom. The predicted molar refractivity (Wildman–Crippen MR) is 90.4 cm³/mol. The maximum Gasteiger partial charge on any atom is 0.244 e. The van der Waals surface area contributed by atoms with Crippen molar-refractivity contribution in [1.29, 1.82) is 0 Å². The number of nitrogens with zero attached hydrogens (tertiary/aromatic N) is 2. The van der Waals surface area contributed by atoms with Crippen LogP contribution in [0.1, 0.15) is 12.5 Å². The first-order valence-electron chi connectivity index (χ1n) is 6.85. The minimum Gasteiger partial charge on any atom is -0.329 e. The van der Waals surface area contributed by atoms with E-state index < -0.39 is 0 Å². The fraction of sp³-hybridized carbons (Fsp3) is 0.188. The third kappa shape index (κ3) is 4.94. The van der Waals surface area contributed by atoms with Gasteiger partial charge in [0.25, 0.3) is 0 Å². The number of hydrogen-bond acceptors (Lipinski definition) is 3. The minimum absolute atomic E-state index is 0.0902. The number of carbonyl (C=O) groups excluding carboxylic acids is 2. The summed E-state index contributed by atoms with van der Waals surface area (Å²) in [5, 5.41) is 3.28. The summed E-state index contributed by atoms with van der Waals surface area (Å²) >= 11 is 11.9. The number of amides is 2. The molecule has 0 aliphatic heterocycles. The first-order valence-corrected chi connectivity index (χ1v) is 7.61.